The molecule has 0 aliphatic heterocycles. The van der Waals surface area contributed by atoms with Gasteiger partial charge in [-0.3, -0.25) is 0 Å². The number of nitrogens with two attached hydrogens (primary N) is 2. The summed E-state index contributed by atoms with van der Waals surface area (Å²) in [6.07, 6.45) is 0.776. The summed E-state index contributed by atoms with van der Waals surface area (Å²) in [6, 6.07) is 5.33. The van der Waals surface area contributed by atoms with Crippen LogP contribution in [0, 0.1) is 5.82 Å². The molecule has 1 aromatic carbocycles. The Morgan fingerprint density at radius 1 is 1.15 bits per heavy atom. The molecule has 0 bridgehead atoms. The van der Waals surface area contributed by atoms with Crippen molar-refractivity contribution >= 4 is 45.2 Å². The number of fused-ring (bicyclic) bond motifs is 2. The molecule has 6 N–H and O–H groups in total. The van der Waals surface area contributed by atoms with Crippen LogP contribution in [0.3, 0.4) is 0 Å². The van der Waals surface area contributed by atoms with Crippen molar-refractivity contribution in [3.63, 3.8) is 0 Å². The molecule has 0 spiro atoms. The van der Waals surface area contributed by atoms with Gasteiger partial charge in [-0.05, 0) is 30.2 Å². The molecule has 9 nitrogen and oxygen atoms in total. The van der Waals surface area contributed by atoms with Gasteiger partial charge in [-0.1, -0.05) is 11.6 Å². The number of aliphatic hydroxyl groups excluding tert-OH is 2. The van der Waals surface area contributed by atoms with E-state index in [1.165, 1.54) is 24.5 Å². The molecule has 3 aromatic heterocycles. The molecule has 170 valence electrons. The number of anilines is 2. The number of nitrogen functional groups attached to an aromatic ring is 2. The fourth-order valence-corrected chi connectivity index (χ4v) is 4.44. The summed E-state index contributed by atoms with van der Waals surface area (Å²) in [5.41, 5.74) is 13.7. The number of benzene rings is 1. The summed E-state index contributed by atoms with van der Waals surface area (Å²) in [4.78, 5) is 12.3. The standard InChI is InChI=1S/C22H20ClFN6O3/c1-9-13(7-33-10-4-15(24)12-6-14(23)21(26)29-16(12)5-10)18(31)19(32)17(9)30-3-2-11-20(25)27-8-28-22(11)30/h2-6,8,17-19,31-32H,7H2,1H3,(H2,26,29)(H2,25,27,28)/t17?,18?,19-/m1/s1. The van der Waals surface area contributed by atoms with E-state index in [0.717, 1.165) is 0 Å². The maximum atomic E-state index is 14.6. The van der Waals surface area contributed by atoms with Crippen LogP contribution in [0.1, 0.15) is 13.0 Å². The molecule has 5 rings (SSSR count). The lowest BCUT2D eigenvalue weighted by molar-refractivity contribution is 0.0286. The molecular weight excluding hydrogens is 451 g/mol. The van der Waals surface area contributed by atoms with Crippen LogP contribution in [0.4, 0.5) is 16.0 Å². The molecule has 0 radical (unpaired) electrons. The van der Waals surface area contributed by atoms with Crippen molar-refractivity contribution in [3.8, 4) is 5.75 Å². The monoisotopic (exact) mass is 470 g/mol. The lowest BCUT2D eigenvalue weighted by Crippen LogP contribution is -2.30. The van der Waals surface area contributed by atoms with Gasteiger partial charge in [0.15, 0.2) is 0 Å². The molecule has 1 aliphatic carbocycles. The van der Waals surface area contributed by atoms with Gasteiger partial charge in [-0.2, -0.15) is 0 Å². The van der Waals surface area contributed by atoms with Crippen molar-refractivity contribution in [1.82, 2.24) is 19.5 Å². The van der Waals surface area contributed by atoms with Gasteiger partial charge in [0.05, 0.1) is 22.0 Å². The van der Waals surface area contributed by atoms with E-state index in [4.69, 9.17) is 27.8 Å². The summed E-state index contributed by atoms with van der Waals surface area (Å²) < 4.78 is 22.1. The smallest absolute Gasteiger partial charge is 0.146 e. The fourth-order valence-electron chi connectivity index (χ4n) is 4.29. The summed E-state index contributed by atoms with van der Waals surface area (Å²) in [5, 5.41) is 22.5. The van der Waals surface area contributed by atoms with Crippen LogP contribution in [-0.4, -0.2) is 48.5 Å². The number of aromatic nitrogens is 4. The highest BCUT2D eigenvalue weighted by Crippen LogP contribution is 2.39. The molecule has 11 heteroatoms. The van der Waals surface area contributed by atoms with Crippen LogP contribution in [0.2, 0.25) is 5.02 Å². The van der Waals surface area contributed by atoms with Gasteiger partial charge in [-0.25, -0.2) is 19.3 Å². The minimum Gasteiger partial charge on any atom is -0.489 e. The third-order valence-corrected chi connectivity index (χ3v) is 6.33. The lowest BCUT2D eigenvalue weighted by atomic mass is 10.1. The van der Waals surface area contributed by atoms with Crippen molar-refractivity contribution in [1.29, 1.82) is 0 Å². The first-order valence-electron chi connectivity index (χ1n) is 10.1. The molecule has 0 fully saturated rings. The zero-order chi connectivity index (χ0) is 23.4. The molecule has 1 aliphatic rings. The van der Waals surface area contributed by atoms with Crippen molar-refractivity contribution in [2.45, 2.75) is 25.2 Å². The Hall–Kier alpha value is -3.47. The molecular formula is C22H20ClFN6O3. The third kappa shape index (κ3) is 3.43. The number of hydrogen-bond acceptors (Lipinski definition) is 8. The van der Waals surface area contributed by atoms with E-state index >= 15 is 0 Å². The van der Waals surface area contributed by atoms with Crippen LogP contribution in [0.25, 0.3) is 21.9 Å². The first-order chi connectivity index (χ1) is 15.8. The van der Waals surface area contributed by atoms with Crippen molar-refractivity contribution < 1.29 is 19.3 Å². The second-order valence-electron chi connectivity index (χ2n) is 7.92. The Morgan fingerprint density at radius 2 is 1.94 bits per heavy atom. The second-order valence-corrected chi connectivity index (χ2v) is 8.33. The van der Waals surface area contributed by atoms with Gasteiger partial charge in [0.25, 0.3) is 0 Å². The second kappa shape index (κ2) is 7.84. The quantitative estimate of drug-likeness (QED) is 0.333. The van der Waals surface area contributed by atoms with Crippen molar-refractivity contribution in [3.05, 3.63) is 58.8 Å². The lowest BCUT2D eigenvalue weighted by Gasteiger charge is -2.21. The number of aliphatic hydroxyl groups is 2. The minimum atomic E-state index is -1.18. The molecule has 2 unspecified atom stereocenters. The van der Waals surface area contributed by atoms with Crippen molar-refractivity contribution in [2.75, 3.05) is 18.1 Å². The van der Waals surface area contributed by atoms with Gasteiger partial charge in [-0.15, -0.1) is 0 Å². The van der Waals surface area contributed by atoms with E-state index in [9.17, 15) is 14.6 Å². The topological polar surface area (TPSA) is 145 Å². The van der Waals surface area contributed by atoms with Gasteiger partial charge in [0, 0.05) is 23.7 Å². The molecule has 0 saturated carbocycles. The normalized spacial score (nSPS) is 20.8. The number of ether oxygens (including phenoxy) is 1. The molecule has 0 amide bonds. The average Bonchev–Trinajstić information content (AvgIpc) is 3.28. The van der Waals surface area contributed by atoms with Gasteiger partial charge >= 0.3 is 0 Å². The highest BCUT2D eigenvalue weighted by atomic mass is 35.5. The Balaban J connectivity index is 1.46. The molecule has 3 atom stereocenters. The van der Waals surface area contributed by atoms with Gasteiger partial charge in [0.1, 0.15) is 54.0 Å². The van der Waals surface area contributed by atoms with E-state index < -0.39 is 24.1 Å². The van der Waals surface area contributed by atoms with Gasteiger partial charge in [0.2, 0.25) is 0 Å². The van der Waals surface area contributed by atoms with E-state index in [0.29, 0.717) is 33.5 Å². The average molecular weight is 471 g/mol. The Labute approximate surface area is 192 Å². The molecule has 33 heavy (non-hydrogen) atoms. The third-order valence-electron chi connectivity index (χ3n) is 6.03. The Kier molecular flexibility index (Phi) is 5.08. The van der Waals surface area contributed by atoms with E-state index in [2.05, 4.69) is 15.0 Å². The Morgan fingerprint density at radius 3 is 2.73 bits per heavy atom. The van der Waals surface area contributed by atoms with E-state index in [-0.39, 0.29) is 28.6 Å². The van der Waals surface area contributed by atoms with Crippen molar-refractivity contribution in [2.24, 2.45) is 0 Å². The first-order valence-corrected chi connectivity index (χ1v) is 10.4. The molecule has 4 aromatic rings. The predicted molar refractivity (Wildman–Crippen MR) is 122 cm³/mol. The largest absolute Gasteiger partial charge is 0.489 e. The number of nitrogens with zero attached hydrogens (tertiary/aromatic N) is 4. The van der Waals surface area contributed by atoms with Crippen LogP contribution in [0.15, 0.2) is 47.9 Å². The summed E-state index contributed by atoms with van der Waals surface area (Å²) in [6.45, 7) is 1.73. The number of rotatable bonds is 4. The zero-order valence-electron chi connectivity index (χ0n) is 17.4. The van der Waals surface area contributed by atoms with Crippen LogP contribution in [0.5, 0.6) is 5.75 Å². The van der Waals surface area contributed by atoms with Gasteiger partial charge < -0.3 is 31.0 Å². The summed E-state index contributed by atoms with van der Waals surface area (Å²) in [7, 11) is 0. The maximum absolute atomic E-state index is 14.6. The fraction of sp³-hybridized carbons (Fsp3) is 0.227. The van der Waals surface area contributed by atoms with Crippen LogP contribution < -0.4 is 16.2 Å². The predicted octanol–water partition coefficient (Wildman–Crippen LogP) is 2.61. The van der Waals surface area contributed by atoms with E-state index in [1.54, 1.807) is 23.8 Å². The number of halogens is 2. The van der Waals surface area contributed by atoms with E-state index in [1.807, 2.05) is 0 Å². The highest BCUT2D eigenvalue weighted by Gasteiger charge is 2.40. The first kappa shape index (κ1) is 21.4. The molecule has 0 saturated heterocycles. The number of hydrogen-bond donors (Lipinski definition) is 4. The summed E-state index contributed by atoms with van der Waals surface area (Å²) >= 11 is 5.93. The number of pyridine rings is 1. The minimum absolute atomic E-state index is 0.0646. The Bertz CT molecular complexity index is 1440. The van der Waals surface area contributed by atoms with Crippen LogP contribution >= 0.6 is 11.6 Å². The molecule has 3 heterocycles. The highest BCUT2D eigenvalue weighted by molar-refractivity contribution is 6.33. The SMILES string of the molecule is CC1=C(COc2cc(F)c3cc(Cl)c(N)nc3c2)C(O)[C@H](O)C1n1ccc2c(N)ncnc21. The zero-order valence-corrected chi connectivity index (χ0v) is 18.2. The summed E-state index contributed by atoms with van der Waals surface area (Å²) in [5.74, 6) is 0.0424. The maximum Gasteiger partial charge on any atom is 0.146 e. The van der Waals surface area contributed by atoms with Crippen LogP contribution in [-0.2, 0) is 0 Å².